The van der Waals surface area contributed by atoms with Crippen molar-refractivity contribution in [3.8, 4) is 18.2 Å². The molecule has 0 bridgehead atoms. The summed E-state index contributed by atoms with van der Waals surface area (Å²) in [6.07, 6.45) is -6.21. The van der Waals surface area contributed by atoms with Gasteiger partial charge >= 0.3 is 24.3 Å². The van der Waals surface area contributed by atoms with Crippen molar-refractivity contribution in [2.75, 3.05) is 0 Å². The summed E-state index contributed by atoms with van der Waals surface area (Å²) in [5.74, 6) is -1.43. The van der Waals surface area contributed by atoms with Gasteiger partial charge in [-0.15, -0.1) is 0 Å². The number of rotatable bonds is 2. The number of hydrogen-bond acceptors (Lipinski definition) is 9. The van der Waals surface area contributed by atoms with Crippen molar-refractivity contribution < 1.29 is 17.6 Å². The highest BCUT2D eigenvalue weighted by atomic mass is 19.2. The monoisotopic (exact) mass is 558 g/mol. The van der Waals surface area contributed by atoms with Crippen LogP contribution in [0, 0.1) is 78.0 Å². The fourth-order valence-electron chi connectivity index (χ4n) is 4.51. The summed E-state index contributed by atoms with van der Waals surface area (Å²) in [5.41, 5.74) is -3.64. The van der Waals surface area contributed by atoms with Gasteiger partial charge in [-0.05, 0) is 33.9 Å². The Kier molecular flexibility index (Phi) is 6.22. The van der Waals surface area contributed by atoms with E-state index in [0.29, 0.717) is 0 Å². The molecule has 12 nitrogen and oxygen atoms in total. The zero-order chi connectivity index (χ0) is 30.3. The summed E-state index contributed by atoms with van der Waals surface area (Å²) in [6, 6.07) is 7.54. The van der Waals surface area contributed by atoms with Gasteiger partial charge in [-0.2, -0.15) is 52.7 Å². The highest BCUT2D eigenvalue weighted by molar-refractivity contribution is 6.28. The van der Waals surface area contributed by atoms with Crippen molar-refractivity contribution in [1.29, 1.82) is 15.8 Å². The fraction of sp³-hybridized carbons (Fsp3) is 0. The molecule has 0 atom stereocenters. The first-order valence-electron chi connectivity index (χ1n) is 10.9. The predicted octanol–water partition coefficient (Wildman–Crippen LogP) is 4.17. The van der Waals surface area contributed by atoms with E-state index in [1.54, 1.807) is 12.1 Å². The van der Waals surface area contributed by atoms with Gasteiger partial charge in [-0.25, -0.2) is 25.1 Å². The number of halogens is 4. The molecule has 0 radical (unpaired) electrons. The van der Waals surface area contributed by atoms with Gasteiger partial charge in [0, 0.05) is 16.7 Å². The van der Waals surface area contributed by atoms with Crippen LogP contribution in [0.5, 0.6) is 0 Å². The Balaban J connectivity index is 1.96. The minimum Gasteiger partial charge on any atom is -0.237 e. The highest BCUT2D eigenvalue weighted by Gasteiger charge is 2.38. The number of nitrogens with zero attached hydrogens (tertiary/aromatic N) is 12. The topological polar surface area (TPSA) is 162 Å². The second kappa shape index (κ2) is 9.87. The molecule has 0 N–H and O–H groups in total. The molecule has 0 fully saturated rings. The zero-order valence-electron chi connectivity index (χ0n) is 20.0. The Morgan fingerprint density at radius 2 is 1.05 bits per heavy atom. The molecule has 0 unspecified atom stereocenters. The number of allylic oxidation sites excluding steroid dienone is 7. The lowest BCUT2D eigenvalue weighted by molar-refractivity contribution is 0.451. The van der Waals surface area contributed by atoms with Crippen LogP contribution in [-0.4, -0.2) is 29.9 Å². The fourth-order valence-corrected chi connectivity index (χ4v) is 4.51. The van der Waals surface area contributed by atoms with Crippen LogP contribution >= 0.6 is 0 Å². The minimum atomic E-state index is -1.55. The van der Waals surface area contributed by atoms with Crippen molar-refractivity contribution in [3.63, 3.8) is 0 Å². The highest BCUT2D eigenvalue weighted by Crippen LogP contribution is 2.54. The molecule has 0 aliphatic heterocycles. The Hall–Kier alpha value is -7.14. The summed E-state index contributed by atoms with van der Waals surface area (Å²) >= 11 is 0. The third-order valence-electron chi connectivity index (χ3n) is 5.95. The lowest BCUT2D eigenvalue weighted by Gasteiger charge is -2.11. The summed E-state index contributed by atoms with van der Waals surface area (Å²) in [6.45, 7) is 22.8. The van der Waals surface area contributed by atoms with Gasteiger partial charge < -0.3 is 0 Å². The van der Waals surface area contributed by atoms with Crippen LogP contribution < -0.4 is 0 Å². The van der Waals surface area contributed by atoms with E-state index in [1.165, 1.54) is 12.1 Å². The quantitative estimate of drug-likeness (QED) is 0.255. The van der Waals surface area contributed by atoms with Crippen molar-refractivity contribution in [2.24, 2.45) is 0 Å². The molecule has 0 saturated carbocycles. The Bertz CT molecular complexity index is 1980. The summed E-state index contributed by atoms with van der Waals surface area (Å²) in [5, 5.41) is 29.5. The molecule has 2 aliphatic carbocycles. The summed E-state index contributed by atoms with van der Waals surface area (Å²) < 4.78 is 55.9. The van der Waals surface area contributed by atoms with Crippen molar-refractivity contribution in [1.82, 2.24) is 29.9 Å². The molecule has 5 rings (SSSR count). The molecule has 2 aromatic heterocycles. The van der Waals surface area contributed by atoms with Gasteiger partial charge in [-0.3, -0.25) is 0 Å². The molecule has 2 aliphatic rings. The first-order chi connectivity index (χ1) is 20.2. The van der Waals surface area contributed by atoms with Crippen LogP contribution in [0.3, 0.4) is 0 Å². The van der Waals surface area contributed by atoms with Crippen molar-refractivity contribution in [2.45, 2.75) is 0 Å². The van der Waals surface area contributed by atoms with E-state index < -0.39 is 58.5 Å². The second-order valence-electron chi connectivity index (χ2n) is 7.93. The van der Waals surface area contributed by atoms with E-state index >= 15 is 0 Å². The van der Waals surface area contributed by atoms with Crippen LogP contribution in [0.2, 0.25) is 0 Å². The Labute approximate surface area is 231 Å². The number of nitriles is 3. The maximum atomic E-state index is 14.0. The molecular weight excluding hydrogens is 556 g/mol. The molecule has 0 saturated heterocycles. The lowest BCUT2D eigenvalue weighted by Crippen LogP contribution is -2.05. The van der Waals surface area contributed by atoms with E-state index in [1.807, 2.05) is 6.07 Å². The van der Waals surface area contributed by atoms with E-state index in [-0.39, 0.29) is 44.7 Å². The molecule has 3 aromatic rings. The predicted molar refractivity (Wildman–Crippen MR) is 130 cm³/mol. The minimum absolute atomic E-state index is 0.0463. The van der Waals surface area contributed by atoms with E-state index in [4.69, 9.17) is 19.7 Å². The number of aromatic nitrogens is 6. The van der Waals surface area contributed by atoms with E-state index in [9.17, 15) is 33.3 Å². The molecule has 16 heteroatoms. The van der Waals surface area contributed by atoms with Crippen molar-refractivity contribution >= 4 is 33.6 Å². The average molecular weight is 558 g/mol. The van der Waals surface area contributed by atoms with Crippen molar-refractivity contribution in [3.05, 3.63) is 116 Å². The van der Waals surface area contributed by atoms with E-state index in [0.717, 1.165) is 0 Å². The molecule has 194 valence electrons. The van der Waals surface area contributed by atoms with Crippen LogP contribution in [0.25, 0.3) is 48.1 Å². The number of benzene rings is 1. The van der Waals surface area contributed by atoms with E-state index in [2.05, 4.69) is 44.4 Å². The maximum absolute atomic E-state index is 14.0. The zero-order valence-corrected chi connectivity index (χ0v) is 20.0. The van der Waals surface area contributed by atoms with Crippen LogP contribution in [0.15, 0.2) is 23.5 Å². The third-order valence-corrected chi connectivity index (χ3v) is 5.95. The molecular formula is C26H2F4N12. The summed E-state index contributed by atoms with van der Waals surface area (Å²) in [4.78, 5) is 29.0. The molecule has 2 heterocycles. The average Bonchev–Trinajstić information content (AvgIpc) is 3.44. The number of fused-ring (bicyclic) bond motifs is 2. The molecule has 0 amide bonds. The van der Waals surface area contributed by atoms with Gasteiger partial charge in [0.1, 0.15) is 6.07 Å². The Morgan fingerprint density at radius 3 is 1.48 bits per heavy atom. The standard InChI is InChI=1S/C26H2F4N12/c1-34-14(7-32)16-10-5-11-12(4-9(10)13(6-31)18(16)21-37-23(27)41-24(28)38-21)20(36-3)19(17(11)15(8-33)35-2)22-39-25(29)42-26(30)40-22/h4-5H/b16-14+,17-15-. The smallest absolute Gasteiger partial charge is 0.237 e. The second-order valence-corrected chi connectivity index (χ2v) is 7.93. The normalized spacial score (nSPS) is 15.4. The van der Waals surface area contributed by atoms with Gasteiger partial charge in [0.05, 0.1) is 37.4 Å². The molecule has 1 aromatic carbocycles. The first kappa shape index (κ1) is 26.5. The van der Waals surface area contributed by atoms with Crippen LogP contribution in [-0.2, 0) is 0 Å². The number of hydrogen-bond donors (Lipinski definition) is 0. The largest absolute Gasteiger partial charge is 0.314 e. The maximum Gasteiger partial charge on any atom is 0.314 e. The molecule has 42 heavy (non-hydrogen) atoms. The molecule has 0 spiro atoms. The van der Waals surface area contributed by atoms with Gasteiger partial charge in [0.25, 0.3) is 11.4 Å². The van der Waals surface area contributed by atoms with Gasteiger partial charge in [-0.1, -0.05) is 6.07 Å². The summed E-state index contributed by atoms with van der Waals surface area (Å²) in [7, 11) is 0. The van der Waals surface area contributed by atoms with Crippen LogP contribution in [0.4, 0.5) is 17.6 Å². The van der Waals surface area contributed by atoms with Gasteiger partial charge in [0.15, 0.2) is 11.6 Å². The third kappa shape index (κ3) is 3.87. The van der Waals surface area contributed by atoms with Crippen LogP contribution in [0.1, 0.15) is 33.9 Å². The SMILES string of the molecule is [C-]#[N+]C1=C(c2nc(F)nc(F)n2)/C(=C(/C#N)[N+]#[C-])c2cc3c(cc21)C(C#N)=C(c1nc(F)nc(F)n1)/C3=C(\C#N)[N+]#[C-]. The lowest BCUT2D eigenvalue weighted by atomic mass is 9.93. The van der Waals surface area contributed by atoms with Gasteiger partial charge in [0.2, 0.25) is 5.70 Å². The first-order valence-corrected chi connectivity index (χ1v) is 10.9. The Morgan fingerprint density at radius 1 is 0.619 bits per heavy atom.